The van der Waals surface area contributed by atoms with Crippen molar-refractivity contribution < 1.29 is 9.18 Å². The van der Waals surface area contributed by atoms with Crippen molar-refractivity contribution in [3.63, 3.8) is 0 Å². The highest BCUT2D eigenvalue weighted by Crippen LogP contribution is 2.38. The molecule has 9 nitrogen and oxygen atoms in total. The first-order valence-electron chi connectivity index (χ1n) is 9.66. The van der Waals surface area contributed by atoms with Gasteiger partial charge in [-0.25, -0.2) is 9.37 Å². The second kappa shape index (κ2) is 7.71. The predicted octanol–water partition coefficient (Wildman–Crippen LogP) is 2.33. The Morgan fingerprint density at radius 1 is 1.23 bits per heavy atom. The lowest BCUT2D eigenvalue weighted by Crippen LogP contribution is -2.57. The molecule has 1 atom stereocenters. The summed E-state index contributed by atoms with van der Waals surface area (Å²) in [5.41, 5.74) is 12.4. The van der Waals surface area contributed by atoms with E-state index in [1.54, 1.807) is 30.6 Å². The van der Waals surface area contributed by atoms with E-state index in [-0.39, 0.29) is 23.2 Å². The fourth-order valence-electron chi connectivity index (χ4n) is 3.54. The number of aromatic nitrogens is 4. The Balaban J connectivity index is 1.68. The van der Waals surface area contributed by atoms with Gasteiger partial charge >= 0.3 is 0 Å². The fraction of sp³-hybridized carbons (Fsp3) is 0.300. The van der Waals surface area contributed by atoms with E-state index in [2.05, 4.69) is 25.8 Å². The van der Waals surface area contributed by atoms with E-state index >= 15 is 0 Å². The first-order chi connectivity index (χ1) is 14.4. The number of nitrogens with two attached hydrogens (primary N) is 2. The zero-order valence-electron chi connectivity index (χ0n) is 16.5. The number of halogens is 1. The molecule has 30 heavy (non-hydrogen) atoms. The zero-order chi connectivity index (χ0) is 21.3. The molecule has 1 fully saturated rings. The highest BCUT2D eigenvalue weighted by Gasteiger charge is 2.41. The van der Waals surface area contributed by atoms with E-state index in [1.807, 2.05) is 13.0 Å². The molecule has 1 aliphatic carbocycles. The number of primary amides is 1. The molecule has 156 valence electrons. The molecule has 4 rings (SSSR count). The molecule has 1 aromatic carbocycles. The number of hydrogen-bond donors (Lipinski definition) is 4. The van der Waals surface area contributed by atoms with Crippen molar-refractivity contribution in [2.45, 2.75) is 37.8 Å². The van der Waals surface area contributed by atoms with Gasteiger partial charge in [0, 0.05) is 11.7 Å². The van der Waals surface area contributed by atoms with Crippen LogP contribution in [0.5, 0.6) is 0 Å². The summed E-state index contributed by atoms with van der Waals surface area (Å²) in [4.78, 5) is 17.7. The van der Waals surface area contributed by atoms with Crippen LogP contribution in [0.1, 0.15) is 36.5 Å². The smallest absolute Gasteiger partial charge is 0.252 e. The Morgan fingerprint density at radius 3 is 2.57 bits per heavy atom. The SMILES string of the molecule is C[C@H](N)C1(Nc2nc(Nc3cccc(-n4nccn4)c3)c(C(N)=O)cc2F)CCC1. The summed E-state index contributed by atoms with van der Waals surface area (Å²) in [6.07, 6.45) is 5.80. The van der Waals surface area contributed by atoms with Crippen LogP contribution < -0.4 is 22.1 Å². The maximum Gasteiger partial charge on any atom is 0.252 e. The summed E-state index contributed by atoms with van der Waals surface area (Å²) in [5, 5.41) is 14.4. The third-order valence-electron chi connectivity index (χ3n) is 5.48. The number of rotatable bonds is 7. The molecule has 10 heteroatoms. The van der Waals surface area contributed by atoms with E-state index < -0.39 is 17.3 Å². The highest BCUT2D eigenvalue weighted by atomic mass is 19.1. The summed E-state index contributed by atoms with van der Waals surface area (Å²) in [6, 6.07) is 8.09. The summed E-state index contributed by atoms with van der Waals surface area (Å²) in [5.74, 6) is -1.26. The van der Waals surface area contributed by atoms with Crippen LogP contribution in [0.4, 0.5) is 21.7 Å². The topological polar surface area (TPSA) is 137 Å². The van der Waals surface area contributed by atoms with Crippen molar-refractivity contribution in [2.24, 2.45) is 11.5 Å². The number of carbonyl (C=O) groups excluding carboxylic acids is 1. The molecule has 6 N–H and O–H groups in total. The summed E-state index contributed by atoms with van der Waals surface area (Å²) in [7, 11) is 0. The quantitative estimate of drug-likeness (QED) is 0.469. The van der Waals surface area contributed by atoms with Crippen molar-refractivity contribution in [1.29, 1.82) is 0 Å². The van der Waals surface area contributed by atoms with Crippen LogP contribution >= 0.6 is 0 Å². The van der Waals surface area contributed by atoms with Gasteiger partial charge in [-0.2, -0.15) is 15.0 Å². The summed E-state index contributed by atoms with van der Waals surface area (Å²) < 4.78 is 14.7. The molecule has 1 aliphatic rings. The van der Waals surface area contributed by atoms with E-state index in [0.717, 1.165) is 25.3 Å². The molecular formula is C20H23FN8O. The third kappa shape index (κ3) is 3.69. The van der Waals surface area contributed by atoms with E-state index in [0.29, 0.717) is 11.4 Å². The van der Waals surface area contributed by atoms with Crippen LogP contribution in [0.15, 0.2) is 42.7 Å². The minimum absolute atomic E-state index is 0.0318. The lowest BCUT2D eigenvalue weighted by atomic mass is 9.72. The van der Waals surface area contributed by atoms with Gasteiger partial charge in [-0.3, -0.25) is 4.79 Å². The minimum Gasteiger partial charge on any atom is -0.365 e. The average Bonchev–Trinajstić information content (AvgIpc) is 3.21. The fourth-order valence-corrected chi connectivity index (χ4v) is 3.54. The lowest BCUT2D eigenvalue weighted by Gasteiger charge is -2.46. The summed E-state index contributed by atoms with van der Waals surface area (Å²) >= 11 is 0. The lowest BCUT2D eigenvalue weighted by molar-refractivity contribution is 0.100. The van der Waals surface area contributed by atoms with E-state index in [4.69, 9.17) is 11.5 Å². The number of benzene rings is 1. The molecule has 0 spiro atoms. The molecule has 3 aromatic rings. The molecule has 0 unspecified atom stereocenters. The maximum absolute atomic E-state index is 14.7. The van der Waals surface area contributed by atoms with Crippen LogP contribution in [-0.4, -0.2) is 37.5 Å². The first kappa shape index (κ1) is 19.8. The molecule has 0 bridgehead atoms. The Kier molecular flexibility index (Phi) is 5.08. The summed E-state index contributed by atoms with van der Waals surface area (Å²) in [6.45, 7) is 1.88. The van der Waals surface area contributed by atoms with Crippen LogP contribution in [0.25, 0.3) is 5.69 Å². The zero-order valence-corrected chi connectivity index (χ0v) is 16.5. The van der Waals surface area contributed by atoms with Gasteiger partial charge in [-0.15, -0.1) is 0 Å². The molecule has 0 radical (unpaired) electrons. The normalized spacial score (nSPS) is 15.8. The molecule has 0 saturated heterocycles. The number of anilines is 3. The van der Waals surface area contributed by atoms with Gasteiger partial charge in [-0.1, -0.05) is 6.07 Å². The van der Waals surface area contributed by atoms with E-state index in [1.165, 1.54) is 4.80 Å². The average molecular weight is 410 g/mol. The van der Waals surface area contributed by atoms with Gasteiger partial charge in [0.15, 0.2) is 11.6 Å². The monoisotopic (exact) mass is 410 g/mol. The number of amides is 1. The van der Waals surface area contributed by atoms with Gasteiger partial charge in [0.25, 0.3) is 5.91 Å². The molecule has 2 aromatic heterocycles. The Morgan fingerprint density at radius 2 is 1.97 bits per heavy atom. The van der Waals surface area contributed by atoms with Crippen molar-refractivity contribution in [3.05, 3.63) is 54.1 Å². The number of pyridine rings is 1. The maximum atomic E-state index is 14.7. The first-order valence-corrected chi connectivity index (χ1v) is 9.66. The second-order valence-corrected chi connectivity index (χ2v) is 7.50. The number of carbonyl (C=O) groups is 1. The van der Waals surface area contributed by atoms with Crippen molar-refractivity contribution in [3.8, 4) is 5.69 Å². The second-order valence-electron chi connectivity index (χ2n) is 7.50. The van der Waals surface area contributed by atoms with Crippen LogP contribution in [0.2, 0.25) is 0 Å². The number of hydrogen-bond acceptors (Lipinski definition) is 7. The molecule has 1 amide bonds. The minimum atomic E-state index is -0.786. The van der Waals surface area contributed by atoms with Gasteiger partial charge in [-0.05, 0) is 50.5 Å². The third-order valence-corrected chi connectivity index (χ3v) is 5.48. The molecule has 1 saturated carbocycles. The molecule has 0 aliphatic heterocycles. The predicted molar refractivity (Wildman–Crippen MR) is 111 cm³/mol. The van der Waals surface area contributed by atoms with Crippen LogP contribution in [0, 0.1) is 5.82 Å². The molecule has 2 heterocycles. The van der Waals surface area contributed by atoms with Crippen molar-refractivity contribution in [2.75, 3.05) is 10.6 Å². The van der Waals surface area contributed by atoms with Crippen LogP contribution in [-0.2, 0) is 0 Å². The van der Waals surface area contributed by atoms with Crippen LogP contribution in [0.3, 0.4) is 0 Å². The number of nitrogens with zero attached hydrogens (tertiary/aromatic N) is 4. The largest absolute Gasteiger partial charge is 0.365 e. The Labute approximate surface area is 172 Å². The van der Waals surface area contributed by atoms with Crippen molar-refractivity contribution >= 4 is 23.2 Å². The van der Waals surface area contributed by atoms with E-state index in [9.17, 15) is 9.18 Å². The molecular weight excluding hydrogens is 387 g/mol. The Bertz CT molecular complexity index is 1060. The van der Waals surface area contributed by atoms with Gasteiger partial charge < -0.3 is 22.1 Å². The highest BCUT2D eigenvalue weighted by molar-refractivity contribution is 5.98. The number of nitrogens with one attached hydrogen (secondary N) is 2. The Hall–Kier alpha value is -3.53. The van der Waals surface area contributed by atoms with Gasteiger partial charge in [0.05, 0.1) is 29.2 Å². The van der Waals surface area contributed by atoms with Gasteiger partial charge in [0.2, 0.25) is 0 Å². The van der Waals surface area contributed by atoms with Crippen molar-refractivity contribution in [1.82, 2.24) is 20.0 Å². The van der Waals surface area contributed by atoms with Gasteiger partial charge in [0.1, 0.15) is 5.82 Å². The standard InChI is InChI=1S/C20H23FN8O/c1-12(22)20(6-3-7-20)28-19-16(21)11-15(17(23)30)18(27-19)26-13-4-2-5-14(10-13)29-24-8-9-25-29/h2,4-5,8-12H,3,6-7,22H2,1H3,(H2,23,30)(H2,26,27,28)/t12-/m0/s1.